The van der Waals surface area contributed by atoms with E-state index in [-0.39, 0.29) is 23.8 Å². The number of aromatic amines is 1. The molecule has 0 amide bonds. The lowest BCUT2D eigenvalue weighted by Crippen LogP contribution is -2.15. The molecular weight excluding hydrogens is 432 g/mol. The van der Waals surface area contributed by atoms with Gasteiger partial charge in [0.25, 0.3) is 5.56 Å². The van der Waals surface area contributed by atoms with E-state index in [2.05, 4.69) is 15.1 Å². The van der Waals surface area contributed by atoms with Gasteiger partial charge in [0.2, 0.25) is 5.89 Å². The van der Waals surface area contributed by atoms with Crippen molar-refractivity contribution in [1.82, 2.24) is 19.6 Å². The number of halogens is 1. The van der Waals surface area contributed by atoms with Gasteiger partial charge >= 0.3 is 5.97 Å². The molecule has 0 saturated heterocycles. The SMILES string of the molecule is O=C(OCc1ncc(-c2cccc(Cl)c2)o1)c1cc2nc(-c3ccccc3)cc(=O)n2[nH]1. The molecule has 0 atom stereocenters. The molecule has 0 saturated carbocycles. The first-order chi connectivity index (χ1) is 15.6. The van der Waals surface area contributed by atoms with E-state index in [0.29, 0.717) is 22.1 Å². The zero-order chi connectivity index (χ0) is 22.1. The highest BCUT2D eigenvalue weighted by molar-refractivity contribution is 6.30. The minimum absolute atomic E-state index is 0.0847. The molecule has 0 radical (unpaired) electrons. The minimum Gasteiger partial charge on any atom is -0.451 e. The summed E-state index contributed by atoms with van der Waals surface area (Å²) in [4.78, 5) is 33.5. The maximum atomic E-state index is 12.5. The van der Waals surface area contributed by atoms with Crippen molar-refractivity contribution in [1.29, 1.82) is 0 Å². The van der Waals surface area contributed by atoms with Crippen molar-refractivity contribution in [2.24, 2.45) is 0 Å². The zero-order valence-electron chi connectivity index (χ0n) is 16.5. The van der Waals surface area contributed by atoms with Gasteiger partial charge in [-0.2, -0.15) is 0 Å². The Bertz CT molecular complexity index is 1490. The number of hydrogen-bond donors (Lipinski definition) is 1. The summed E-state index contributed by atoms with van der Waals surface area (Å²) < 4.78 is 12.1. The molecule has 0 aliphatic heterocycles. The van der Waals surface area contributed by atoms with Crippen molar-refractivity contribution in [2.75, 3.05) is 0 Å². The van der Waals surface area contributed by atoms with Crippen molar-refractivity contribution in [2.45, 2.75) is 6.61 Å². The molecule has 3 heterocycles. The lowest BCUT2D eigenvalue weighted by Gasteiger charge is -2.00. The van der Waals surface area contributed by atoms with Gasteiger partial charge in [-0.15, -0.1) is 0 Å². The van der Waals surface area contributed by atoms with Crippen LogP contribution in [0.25, 0.3) is 28.2 Å². The lowest BCUT2D eigenvalue weighted by molar-refractivity contribution is 0.0431. The van der Waals surface area contributed by atoms with Gasteiger partial charge < -0.3 is 9.15 Å². The van der Waals surface area contributed by atoms with Gasteiger partial charge in [-0.1, -0.05) is 54.1 Å². The molecule has 3 aromatic heterocycles. The highest BCUT2D eigenvalue weighted by Crippen LogP contribution is 2.23. The number of hydrogen-bond acceptors (Lipinski definition) is 6. The van der Waals surface area contributed by atoms with Crippen LogP contribution in [0.2, 0.25) is 5.02 Å². The molecule has 0 aliphatic carbocycles. The van der Waals surface area contributed by atoms with Crippen LogP contribution in [0.15, 0.2) is 82.1 Å². The van der Waals surface area contributed by atoms with E-state index in [1.54, 1.807) is 18.2 Å². The molecule has 5 rings (SSSR count). The van der Waals surface area contributed by atoms with E-state index in [4.69, 9.17) is 20.8 Å². The van der Waals surface area contributed by atoms with E-state index >= 15 is 0 Å². The number of aromatic nitrogens is 4. The number of carbonyl (C=O) groups excluding carboxylic acids is 1. The normalized spacial score (nSPS) is 11.0. The van der Waals surface area contributed by atoms with Crippen molar-refractivity contribution in [3.8, 4) is 22.6 Å². The second kappa shape index (κ2) is 8.16. The molecule has 0 fully saturated rings. The van der Waals surface area contributed by atoms with Gasteiger partial charge in [0.1, 0.15) is 5.69 Å². The van der Waals surface area contributed by atoms with Crippen LogP contribution in [-0.2, 0) is 11.3 Å². The summed E-state index contributed by atoms with van der Waals surface area (Å²) in [6.45, 7) is -0.174. The molecule has 0 aliphatic rings. The number of rotatable bonds is 5. The topological polar surface area (TPSA) is 102 Å². The van der Waals surface area contributed by atoms with Crippen molar-refractivity contribution in [3.05, 3.63) is 99.9 Å². The van der Waals surface area contributed by atoms with Crippen molar-refractivity contribution in [3.63, 3.8) is 0 Å². The highest BCUT2D eigenvalue weighted by Gasteiger charge is 2.16. The monoisotopic (exact) mass is 446 g/mol. The summed E-state index contributed by atoms with van der Waals surface area (Å²) in [6, 6.07) is 19.3. The fourth-order valence-corrected chi connectivity index (χ4v) is 3.40. The van der Waals surface area contributed by atoms with Crippen molar-refractivity contribution < 1.29 is 13.9 Å². The summed E-state index contributed by atoms with van der Waals surface area (Å²) in [5, 5.41) is 3.29. The van der Waals surface area contributed by atoms with Gasteiger partial charge in [-0.05, 0) is 12.1 Å². The number of benzene rings is 2. The van der Waals surface area contributed by atoms with Crippen LogP contribution in [0.4, 0.5) is 0 Å². The number of fused-ring (bicyclic) bond motifs is 1. The van der Waals surface area contributed by atoms with Crippen LogP contribution < -0.4 is 5.56 Å². The number of H-pyrrole nitrogens is 1. The first-order valence-electron chi connectivity index (χ1n) is 9.63. The molecule has 32 heavy (non-hydrogen) atoms. The highest BCUT2D eigenvalue weighted by atomic mass is 35.5. The van der Waals surface area contributed by atoms with Gasteiger partial charge in [-0.25, -0.2) is 19.3 Å². The first kappa shape index (κ1) is 19.8. The number of nitrogens with one attached hydrogen (secondary N) is 1. The van der Waals surface area contributed by atoms with Crippen LogP contribution in [0, 0.1) is 0 Å². The maximum Gasteiger partial charge on any atom is 0.356 e. The average Bonchev–Trinajstić information content (AvgIpc) is 3.46. The van der Waals surface area contributed by atoms with E-state index in [1.165, 1.54) is 22.8 Å². The van der Waals surface area contributed by atoms with Crippen LogP contribution in [0.1, 0.15) is 16.4 Å². The predicted molar refractivity (Wildman–Crippen MR) is 117 cm³/mol. The van der Waals surface area contributed by atoms with Crippen molar-refractivity contribution >= 4 is 23.2 Å². The maximum absolute atomic E-state index is 12.5. The van der Waals surface area contributed by atoms with Gasteiger partial charge in [0.15, 0.2) is 18.0 Å². The Balaban J connectivity index is 1.33. The molecule has 0 spiro atoms. The quantitative estimate of drug-likeness (QED) is 0.402. The van der Waals surface area contributed by atoms with E-state index in [9.17, 15) is 9.59 Å². The largest absolute Gasteiger partial charge is 0.451 e. The Morgan fingerprint density at radius 2 is 1.88 bits per heavy atom. The molecule has 2 aromatic carbocycles. The number of esters is 1. The lowest BCUT2D eigenvalue weighted by atomic mass is 10.1. The van der Waals surface area contributed by atoms with Crippen LogP contribution in [0.5, 0.6) is 0 Å². The van der Waals surface area contributed by atoms with Crippen LogP contribution in [-0.4, -0.2) is 25.6 Å². The summed E-state index contributed by atoms with van der Waals surface area (Å²) >= 11 is 6.00. The van der Waals surface area contributed by atoms with Gasteiger partial charge in [0.05, 0.1) is 11.9 Å². The summed E-state index contributed by atoms with van der Waals surface area (Å²) in [7, 11) is 0. The molecular formula is C23H15ClN4O4. The Morgan fingerprint density at radius 1 is 1.06 bits per heavy atom. The van der Waals surface area contributed by atoms with E-state index in [0.717, 1.165) is 11.1 Å². The number of ether oxygens (including phenoxy) is 1. The molecule has 158 valence electrons. The Morgan fingerprint density at radius 3 is 2.69 bits per heavy atom. The third-order valence-electron chi connectivity index (χ3n) is 4.73. The predicted octanol–water partition coefficient (Wildman–Crippen LogP) is 4.36. The molecule has 1 N–H and O–H groups in total. The number of nitrogens with zero attached hydrogens (tertiary/aromatic N) is 3. The zero-order valence-corrected chi connectivity index (χ0v) is 17.2. The minimum atomic E-state index is -0.668. The fourth-order valence-electron chi connectivity index (χ4n) is 3.21. The van der Waals surface area contributed by atoms with Gasteiger partial charge in [0, 0.05) is 28.3 Å². The molecule has 8 nitrogen and oxygen atoms in total. The summed E-state index contributed by atoms with van der Waals surface area (Å²) in [5.41, 5.74) is 2.13. The Labute approximate surface area is 186 Å². The second-order valence-electron chi connectivity index (χ2n) is 6.91. The van der Waals surface area contributed by atoms with E-state index < -0.39 is 5.97 Å². The first-order valence-corrected chi connectivity index (χ1v) is 10.0. The third-order valence-corrected chi connectivity index (χ3v) is 4.96. The van der Waals surface area contributed by atoms with Gasteiger partial charge in [-0.3, -0.25) is 9.89 Å². The average molecular weight is 447 g/mol. The molecule has 9 heteroatoms. The van der Waals surface area contributed by atoms with Crippen LogP contribution in [0.3, 0.4) is 0 Å². The number of oxazole rings is 1. The summed E-state index contributed by atoms with van der Waals surface area (Å²) in [6.07, 6.45) is 1.53. The standard InChI is InChI=1S/C23H15ClN4O4/c24-16-8-4-7-15(9-16)19-12-25-21(32-19)13-31-23(30)18-10-20-26-17(11-22(29)28(20)27-18)14-5-2-1-3-6-14/h1-12,27H,13H2. The second-order valence-corrected chi connectivity index (χ2v) is 7.35. The Kier molecular flexibility index (Phi) is 5.04. The fraction of sp³-hybridized carbons (Fsp3) is 0.0435. The molecule has 0 unspecified atom stereocenters. The summed E-state index contributed by atoms with van der Waals surface area (Å²) in [5.74, 6) is 0.0677. The Hall–Kier alpha value is -4.17. The number of carbonyl (C=O) groups is 1. The smallest absolute Gasteiger partial charge is 0.356 e. The molecule has 5 aromatic rings. The third kappa shape index (κ3) is 3.91. The van der Waals surface area contributed by atoms with Crippen LogP contribution >= 0.6 is 11.6 Å². The molecule has 0 bridgehead atoms. The van der Waals surface area contributed by atoms with E-state index in [1.807, 2.05) is 36.4 Å².